The van der Waals surface area contributed by atoms with Crippen LogP contribution >= 0.6 is 0 Å². The minimum absolute atomic E-state index is 0.0315. The standard InChI is InChI=1S/C32H35FO4/c1-20-14-28(29-17-25(36-5)10-11-30(29)33)23(12-13-32(2,3)4)15-24(20)19-37-26-9-8-21-6-7-22(16-31(34)35)27(21)18-26/h8-15,17-18,22H,6-7,16,19H2,1-5H3,(H,34,35)/b13-12+/t22-/m1/s1. The number of benzene rings is 3. The Morgan fingerprint density at radius 1 is 1.08 bits per heavy atom. The summed E-state index contributed by atoms with van der Waals surface area (Å²) in [6.45, 7) is 8.73. The number of hydrogen-bond acceptors (Lipinski definition) is 3. The molecule has 0 aromatic heterocycles. The summed E-state index contributed by atoms with van der Waals surface area (Å²) in [7, 11) is 1.58. The molecule has 3 aromatic rings. The van der Waals surface area contributed by atoms with Gasteiger partial charge in [-0.05, 0) is 101 Å². The van der Waals surface area contributed by atoms with E-state index in [0.717, 1.165) is 46.4 Å². The predicted octanol–water partition coefficient (Wildman–Crippen LogP) is 7.95. The first-order valence-electron chi connectivity index (χ1n) is 12.7. The van der Waals surface area contributed by atoms with Crippen molar-refractivity contribution >= 4 is 12.0 Å². The maximum atomic E-state index is 14.9. The number of allylic oxidation sites excluding steroid dienone is 1. The van der Waals surface area contributed by atoms with E-state index in [1.54, 1.807) is 19.2 Å². The minimum Gasteiger partial charge on any atom is -0.497 e. The molecule has 5 heteroatoms. The average Bonchev–Trinajstić information content (AvgIpc) is 3.23. The molecule has 0 radical (unpaired) electrons. The number of methoxy groups -OCH3 is 1. The van der Waals surface area contributed by atoms with Gasteiger partial charge < -0.3 is 14.6 Å². The SMILES string of the molecule is COc1ccc(F)c(-c2cc(C)c(COc3ccc4c(c3)[C@@H](CC(=O)O)CC4)cc2/C=C/C(C)(C)C)c1. The van der Waals surface area contributed by atoms with Gasteiger partial charge in [0, 0.05) is 5.56 Å². The third-order valence-electron chi connectivity index (χ3n) is 6.87. The largest absolute Gasteiger partial charge is 0.497 e. The maximum absolute atomic E-state index is 14.9. The summed E-state index contributed by atoms with van der Waals surface area (Å²) in [6.07, 6.45) is 6.06. The lowest BCUT2D eigenvalue weighted by Crippen LogP contribution is -2.04. The molecule has 0 fully saturated rings. The van der Waals surface area contributed by atoms with E-state index in [-0.39, 0.29) is 23.6 Å². The normalized spacial score (nSPS) is 15.1. The second-order valence-electron chi connectivity index (χ2n) is 10.9. The van der Waals surface area contributed by atoms with Gasteiger partial charge in [0.1, 0.15) is 23.9 Å². The van der Waals surface area contributed by atoms with Crippen molar-refractivity contribution in [3.63, 3.8) is 0 Å². The van der Waals surface area contributed by atoms with Crippen molar-refractivity contribution in [3.8, 4) is 22.6 Å². The molecule has 1 N–H and O–H groups in total. The van der Waals surface area contributed by atoms with Crippen LogP contribution in [0.15, 0.2) is 54.6 Å². The second kappa shape index (κ2) is 10.8. The van der Waals surface area contributed by atoms with Crippen LogP contribution in [0.2, 0.25) is 0 Å². The van der Waals surface area contributed by atoms with Crippen LogP contribution in [-0.2, 0) is 17.8 Å². The predicted molar refractivity (Wildman–Crippen MR) is 146 cm³/mol. The average molecular weight is 503 g/mol. The molecule has 1 atom stereocenters. The fourth-order valence-corrected chi connectivity index (χ4v) is 4.82. The van der Waals surface area contributed by atoms with Crippen molar-refractivity contribution in [2.75, 3.05) is 7.11 Å². The Kier molecular flexibility index (Phi) is 7.72. The Morgan fingerprint density at radius 2 is 1.84 bits per heavy atom. The number of carbonyl (C=O) groups is 1. The van der Waals surface area contributed by atoms with Crippen molar-refractivity contribution in [2.45, 2.75) is 59.5 Å². The molecule has 4 rings (SSSR count). The molecule has 4 nitrogen and oxygen atoms in total. The van der Waals surface area contributed by atoms with Crippen LogP contribution in [0.4, 0.5) is 4.39 Å². The summed E-state index contributed by atoms with van der Waals surface area (Å²) in [5.41, 5.74) is 6.44. The summed E-state index contributed by atoms with van der Waals surface area (Å²) >= 11 is 0. The smallest absolute Gasteiger partial charge is 0.303 e. The van der Waals surface area contributed by atoms with Gasteiger partial charge in [0.05, 0.1) is 13.5 Å². The Balaban J connectivity index is 1.66. The number of ether oxygens (including phenoxy) is 2. The van der Waals surface area contributed by atoms with Crippen molar-refractivity contribution < 1.29 is 23.8 Å². The molecule has 194 valence electrons. The first-order valence-corrected chi connectivity index (χ1v) is 12.7. The third-order valence-corrected chi connectivity index (χ3v) is 6.87. The zero-order valence-electron chi connectivity index (χ0n) is 22.2. The fourth-order valence-electron chi connectivity index (χ4n) is 4.82. The molecule has 1 aliphatic carbocycles. The molecule has 0 aliphatic heterocycles. The van der Waals surface area contributed by atoms with Gasteiger partial charge in [-0.3, -0.25) is 4.79 Å². The Bertz CT molecular complexity index is 1330. The minimum atomic E-state index is -0.775. The van der Waals surface area contributed by atoms with E-state index in [1.807, 2.05) is 37.3 Å². The van der Waals surface area contributed by atoms with Gasteiger partial charge in [0.25, 0.3) is 0 Å². The molecule has 0 saturated heterocycles. The van der Waals surface area contributed by atoms with E-state index >= 15 is 0 Å². The summed E-state index contributed by atoms with van der Waals surface area (Å²) in [5, 5.41) is 9.26. The highest BCUT2D eigenvalue weighted by molar-refractivity contribution is 5.78. The van der Waals surface area contributed by atoms with Crippen LogP contribution in [0, 0.1) is 18.2 Å². The van der Waals surface area contributed by atoms with E-state index in [0.29, 0.717) is 17.9 Å². The lowest BCUT2D eigenvalue weighted by molar-refractivity contribution is -0.137. The highest BCUT2D eigenvalue weighted by Gasteiger charge is 2.25. The fraction of sp³-hybridized carbons (Fsp3) is 0.344. The van der Waals surface area contributed by atoms with E-state index in [4.69, 9.17) is 9.47 Å². The van der Waals surface area contributed by atoms with Crippen LogP contribution in [0.5, 0.6) is 11.5 Å². The quantitative estimate of drug-likeness (QED) is 0.340. The molecule has 0 spiro atoms. The number of rotatable bonds is 8. The molecular weight excluding hydrogens is 467 g/mol. The Hall–Kier alpha value is -3.60. The molecule has 0 heterocycles. The second-order valence-corrected chi connectivity index (χ2v) is 10.9. The molecule has 3 aromatic carbocycles. The van der Waals surface area contributed by atoms with E-state index in [9.17, 15) is 14.3 Å². The monoisotopic (exact) mass is 502 g/mol. The van der Waals surface area contributed by atoms with Gasteiger partial charge in [-0.1, -0.05) is 45.1 Å². The van der Waals surface area contributed by atoms with Crippen molar-refractivity contribution in [3.05, 3.63) is 88.2 Å². The van der Waals surface area contributed by atoms with Crippen molar-refractivity contribution in [1.82, 2.24) is 0 Å². The van der Waals surface area contributed by atoms with Crippen LogP contribution < -0.4 is 9.47 Å². The highest BCUT2D eigenvalue weighted by atomic mass is 19.1. The Labute approximate surface area is 218 Å². The van der Waals surface area contributed by atoms with Gasteiger partial charge in [-0.2, -0.15) is 0 Å². The van der Waals surface area contributed by atoms with E-state index < -0.39 is 5.97 Å². The van der Waals surface area contributed by atoms with Crippen molar-refractivity contribution in [1.29, 1.82) is 0 Å². The Morgan fingerprint density at radius 3 is 2.54 bits per heavy atom. The van der Waals surface area contributed by atoms with Gasteiger partial charge in [0.2, 0.25) is 0 Å². The zero-order chi connectivity index (χ0) is 26.7. The van der Waals surface area contributed by atoms with E-state index in [2.05, 4.69) is 32.9 Å². The summed E-state index contributed by atoms with van der Waals surface area (Å²) in [6, 6.07) is 14.8. The highest BCUT2D eigenvalue weighted by Crippen LogP contribution is 2.38. The molecular formula is C32H35FO4. The molecule has 0 unspecified atom stereocenters. The van der Waals surface area contributed by atoms with Crippen molar-refractivity contribution in [2.24, 2.45) is 5.41 Å². The van der Waals surface area contributed by atoms with E-state index in [1.165, 1.54) is 11.6 Å². The summed E-state index contributed by atoms with van der Waals surface area (Å²) in [5.74, 6) is 0.283. The van der Waals surface area contributed by atoms with Crippen LogP contribution in [-0.4, -0.2) is 18.2 Å². The maximum Gasteiger partial charge on any atom is 0.303 e. The number of carboxylic acid groups (broad SMARTS) is 1. The van der Waals surface area contributed by atoms with Crippen LogP contribution in [0.1, 0.15) is 67.3 Å². The topological polar surface area (TPSA) is 55.8 Å². The van der Waals surface area contributed by atoms with Crippen LogP contribution in [0.25, 0.3) is 17.2 Å². The number of carboxylic acids is 1. The molecule has 0 saturated carbocycles. The number of halogens is 1. The summed E-state index contributed by atoms with van der Waals surface area (Å²) < 4.78 is 26.5. The van der Waals surface area contributed by atoms with Gasteiger partial charge >= 0.3 is 5.97 Å². The van der Waals surface area contributed by atoms with Crippen LogP contribution in [0.3, 0.4) is 0 Å². The van der Waals surface area contributed by atoms with Gasteiger partial charge in [-0.15, -0.1) is 0 Å². The molecule has 0 amide bonds. The number of aryl methyl sites for hydroxylation is 2. The number of fused-ring (bicyclic) bond motifs is 1. The number of aliphatic carboxylic acids is 1. The first kappa shape index (κ1) is 26.5. The first-order chi connectivity index (χ1) is 17.5. The molecule has 0 bridgehead atoms. The zero-order valence-corrected chi connectivity index (χ0v) is 22.2. The summed E-state index contributed by atoms with van der Waals surface area (Å²) in [4.78, 5) is 11.3. The number of hydrogen-bond donors (Lipinski definition) is 1. The molecule has 37 heavy (non-hydrogen) atoms. The molecule has 1 aliphatic rings. The lowest BCUT2D eigenvalue weighted by Gasteiger charge is -2.17. The van der Waals surface area contributed by atoms with Gasteiger partial charge in [0.15, 0.2) is 0 Å². The lowest BCUT2D eigenvalue weighted by atomic mass is 9.90. The van der Waals surface area contributed by atoms with Gasteiger partial charge in [-0.25, -0.2) is 4.39 Å². The third kappa shape index (κ3) is 6.40.